The van der Waals surface area contributed by atoms with Gasteiger partial charge in [-0.05, 0) is 12.3 Å². The minimum atomic E-state index is 0.165. The fourth-order valence-electron chi connectivity index (χ4n) is 2.48. The molecule has 0 N–H and O–H groups in total. The first-order chi connectivity index (χ1) is 7.24. The van der Waals surface area contributed by atoms with E-state index >= 15 is 0 Å². The zero-order valence-electron chi connectivity index (χ0n) is 9.94. The van der Waals surface area contributed by atoms with Crippen molar-refractivity contribution in [2.75, 3.05) is 19.8 Å². The van der Waals surface area contributed by atoms with E-state index in [1.54, 1.807) is 0 Å². The molecular weight excluding hydrogens is 192 g/mol. The molecule has 0 spiro atoms. The van der Waals surface area contributed by atoms with E-state index in [-0.39, 0.29) is 18.3 Å². The molecule has 2 heterocycles. The van der Waals surface area contributed by atoms with E-state index < -0.39 is 0 Å². The van der Waals surface area contributed by atoms with Crippen molar-refractivity contribution in [3.8, 4) is 0 Å². The highest BCUT2D eigenvalue weighted by Gasteiger charge is 2.48. The van der Waals surface area contributed by atoms with Gasteiger partial charge in [0.05, 0.1) is 19.3 Å². The molecule has 0 radical (unpaired) electrons. The summed E-state index contributed by atoms with van der Waals surface area (Å²) in [5.41, 5.74) is 0. The summed E-state index contributed by atoms with van der Waals surface area (Å²) in [7, 11) is 0. The highest BCUT2D eigenvalue weighted by Crippen LogP contribution is 2.36. The van der Waals surface area contributed by atoms with Crippen molar-refractivity contribution in [2.24, 2.45) is 11.8 Å². The number of rotatable bonds is 4. The minimum absolute atomic E-state index is 0.165. The maximum atomic E-state index is 5.81. The molecule has 0 unspecified atom stereocenters. The van der Waals surface area contributed by atoms with Crippen molar-refractivity contribution >= 4 is 0 Å². The van der Waals surface area contributed by atoms with Gasteiger partial charge in [-0.2, -0.15) is 0 Å². The van der Waals surface area contributed by atoms with Crippen LogP contribution in [0.1, 0.15) is 27.2 Å². The molecule has 3 heteroatoms. The Balaban J connectivity index is 1.90. The van der Waals surface area contributed by atoms with E-state index in [4.69, 9.17) is 14.2 Å². The average molecular weight is 214 g/mol. The summed E-state index contributed by atoms with van der Waals surface area (Å²) >= 11 is 0. The van der Waals surface area contributed by atoms with E-state index in [1.165, 1.54) is 0 Å². The molecule has 0 aliphatic carbocycles. The standard InChI is InChI=1S/C12H22O3/c1-4-5-13-10-7-15-11-9(8(2)3)6-14-12(10)11/h8-12H,4-7H2,1-3H3/t9-,10-,11-,12+/m0/s1. The Morgan fingerprint density at radius 2 is 1.93 bits per heavy atom. The summed E-state index contributed by atoms with van der Waals surface area (Å²) in [6, 6.07) is 0. The van der Waals surface area contributed by atoms with Crippen LogP contribution >= 0.6 is 0 Å². The molecule has 88 valence electrons. The lowest BCUT2D eigenvalue weighted by Crippen LogP contribution is -2.32. The molecular formula is C12H22O3. The molecule has 2 aliphatic heterocycles. The summed E-state index contributed by atoms with van der Waals surface area (Å²) in [5.74, 6) is 1.18. The van der Waals surface area contributed by atoms with Crippen LogP contribution in [0.25, 0.3) is 0 Å². The molecule has 2 fully saturated rings. The van der Waals surface area contributed by atoms with Gasteiger partial charge in [-0.1, -0.05) is 20.8 Å². The number of ether oxygens (including phenoxy) is 3. The molecule has 2 saturated heterocycles. The fourth-order valence-corrected chi connectivity index (χ4v) is 2.48. The summed E-state index contributed by atoms with van der Waals surface area (Å²) in [6.45, 7) is 8.95. The third kappa shape index (κ3) is 2.19. The van der Waals surface area contributed by atoms with Crippen LogP contribution in [0.4, 0.5) is 0 Å². The Labute approximate surface area is 92.1 Å². The third-order valence-electron chi connectivity index (χ3n) is 3.44. The van der Waals surface area contributed by atoms with E-state index in [2.05, 4.69) is 20.8 Å². The van der Waals surface area contributed by atoms with Crippen LogP contribution in [-0.2, 0) is 14.2 Å². The number of fused-ring (bicyclic) bond motifs is 1. The van der Waals surface area contributed by atoms with Gasteiger partial charge in [-0.25, -0.2) is 0 Å². The first-order valence-corrected chi connectivity index (χ1v) is 6.08. The molecule has 0 aromatic carbocycles. The van der Waals surface area contributed by atoms with Crippen molar-refractivity contribution in [3.05, 3.63) is 0 Å². The Kier molecular flexibility index (Phi) is 3.65. The monoisotopic (exact) mass is 214 g/mol. The van der Waals surface area contributed by atoms with E-state index in [1.807, 2.05) is 0 Å². The Bertz CT molecular complexity index is 205. The smallest absolute Gasteiger partial charge is 0.112 e. The molecule has 2 aliphatic rings. The fraction of sp³-hybridized carbons (Fsp3) is 1.00. The van der Waals surface area contributed by atoms with Gasteiger partial charge in [-0.15, -0.1) is 0 Å². The van der Waals surface area contributed by atoms with Crippen molar-refractivity contribution in [1.29, 1.82) is 0 Å². The van der Waals surface area contributed by atoms with E-state index in [0.29, 0.717) is 18.4 Å². The van der Waals surface area contributed by atoms with Crippen LogP contribution < -0.4 is 0 Å². The summed E-state index contributed by atoms with van der Waals surface area (Å²) in [6.07, 6.45) is 1.68. The molecule has 0 amide bonds. The average Bonchev–Trinajstić information content (AvgIpc) is 2.74. The zero-order valence-corrected chi connectivity index (χ0v) is 9.94. The van der Waals surface area contributed by atoms with Crippen molar-refractivity contribution in [3.63, 3.8) is 0 Å². The molecule has 4 atom stereocenters. The van der Waals surface area contributed by atoms with E-state index in [0.717, 1.165) is 19.6 Å². The Morgan fingerprint density at radius 1 is 1.20 bits per heavy atom. The van der Waals surface area contributed by atoms with Crippen molar-refractivity contribution in [1.82, 2.24) is 0 Å². The quantitative estimate of drug-likeness (QED) is 0.715. The van der Waals surface area contributed by atoms with Crippen LogP contribution in [0.5, 0.6) is 0 Å². The first-order valence-electron chi connectivity index (χ1n) is 6.08. The van der Waals surface area contributed by atoms with Gasteiger partial charge in [0.25, 0.3) is 0 Å². The SMILES string of the molecule is CCCO[C@H]1CO[C@@H]2[C@@H]1OC[C@H]2C(C)C. The van der Waals surface area contributed by atoms with Crippen molar-refractivity contribution in [2.45, 2.75) is 45.5 Å². The predicted octanol–water partition coefficient (Wildman–Crippen LogP) is 1.85. The first kappa shape index (κ1) is 11.4. The van der Waals surface area contributed by atoms with Gasteiger partial charge in [0.1, 0.15) is 12.2 Å². The van der Waals surface area contributed by atoms with Gasteiger partial charge in [-0.3, -0.25) is 0 Å². The van der Waals surface area contributed by atoms with Crippen LogP contribution in [0, 0.1) is 11.8 Å². The van der Waals surface area contributed by atoms with Crippen LogP contribution in [0.15, 0.2) is 0 Å². The summed E-state index contributed by atoms with van der Waals surface area (Å²) in [5, 5.41) is 0. The largest absolute Gasteiger partial charge is 0.373 e. The second-order valence-electron chi connectivity index (χ2n) is 4.91. The van der Waals surface area contributed by atoms with Gasteiger partial charge in [0, 0.05) is 12.5 Å². The minimum Gasteiger partial charge on any atom is -0.373 e. The van der Waals surface area contributed by atoms with E-state index in [9.17, 15) is 0 Å². The number of hydrogen-bond donors (Lipinski definition) is 0. The highest BCUT2D eigenvalue weighted by molar-refractivity contribution is 4.95. The Morgan fingerprint density at radius 3 is 2.60 bits per heavy atom. The van der Waals surface area contributed by atoms with Crippen LogP contribution in [0.3, 0.4) is 0 Å². The second-order valence-corrected chi connectivity index (χ2v) is 4.91. The summed E-state index contributed by atoms with van der Waals surface area (Å²) < 4.78 is 17.4. The van der Waals surface area contributed by atoms with Gasteiger partial charge >= 0.3 is 0 Å². The summed E-state index contributed by atoms with van der Waals surface area (Å²) in [4.78, 5) is 0. The van der Waals surface area contributed by atoms with Crippen LogP contribution in [-0.4, -0.2) is 38.1 Å². The molecule has 0 bridgehead atoms. The predicted molar refractivity (Wildman–Crippen MR) is 57.8 cm³/mol. The maximum Gasteiger partial charge on any atom is 0.112 e. The Hall–Kier alpha value is -0.120. The zero-order chi connectivity index (χ0) is 10.8. The van der Waals surface area contributed by atoms with Crippen LogP contribution in [0.2, 0.25) is 0 Å². The molecule has 15 heavy (non-hydrogen) atoms. The molecule has 0 aromatic rings. The maximum absolute atomic E-state index is 5.81. The normalized spacial score (nSPS) is 40.0. The molecule has 2 rings (SSSR count). The lowest BCUT2D eigenvalue weighted by molar-refractivity contribution is -0.0330. The number of hydrogen-bond acceptors (Lipinski definition) is 3. The molecule has 3 nitrogen and oxygen atoms in total. The van der Waals surface area contributed by atoms with Crippen molar-refractivity contribution < 1.29 is 14.2 Å². The lowest BCUT2D eigenvalue weighted by atomic mass is 9.90. The highest BCUT2D eigenvalue weighted by atomic mass is 16.6. The van der Waals surface area contributed by atoms with Gasteiger partial charge < -0.3 is 14.2 Å². The third-order valence-corrected chi connectivity index (χ3v) is 3.44. The van der Waals surface area contributed by atoms with Gasteiger partial charge in [0.2, 0.25) is 0 Å². The molecule has 0 saturated carbocycles. The topological polar surface area (TPSA) is 27.7 Å². The lowest BCUT2D eigenvalue weighted by Gasteiger charge is -2.19. The van der Waals surface area contributed by atoms with Gasteiger partial charge in [0.15, 0.2) is 0 Å². The molecule has 0 aromatic heterocycles. The second kappa shape index (κ2) is 4.81.